The molecule has 1 fully saturated rings. The summed E-state index contributed by atoms with van der Waals surface area (Å²) in [5.74, 6) is 0.556. The number of nitrogens with zero attached hydrogens (tertiary/aromatic N) is 3. The van der Waals surface area contributed by atoms with Gasteiger partial charge >= 0.3 is 0 Å². The molecule has 27 heavy (non-hydrogen) atoms. The SMILES string of the molecule is COc1ccc(Cl)cc1Nc1ccc(C(=O)N2CCN(C(C)=O)CC2)nc1. The van der Waals surface area contributed by atoms with Gasteiger partial charge in [-0.2, -0.15) is 0 Å². The zero-order valence-electron chi connectivity index (χ0n) is 15.2. The van der Waals surface area contributed by atoms with E-state index in [1.165, 1.54) is 0 Å². The van der Waals surface area contributed by atoms with E-state index in [0.29, 0.717) is 54.0 Å². The highest BCUT2D eigenvalue weighted by Gasteiger charge is 2.23. The zero-order valence-corrected chi connectivity index (χ0v) is 16.0. The van der Waals surface area contributed by atoms with Crippen molar-refractivity contribution in [3.8, 4) is 5.75 Å². The molecule has 1 N–H and O–H groups in total. The Balaban J connectivity index is 1.66. The largest absolute Gasteiger partial charge is 0.495 e. The lowest BCUT2D eigenvalue weighted by atomic mass is 10.2. The van der Waals surface area contributed by atoms with E-state index in [1.807, 2.05) is 0 Å². The van der Waals surface area contributed by atoms with Gasteiger partial charge in [-0.15, -0.1) is 0 Å². The lowest BCUT2D eigenvalue weighted by molar-refractivity contribution is -0.130. The van der Waals surface area contributed by atoms with Gasteiger partial charge in [-0.1, -0.05) is 11.6 Å². The Kier molecular flexibility index (Phi) is 5.81. The summed E-state index contributed by atoms with van der Waals surface area (Å²) in [6, 6.07) is 8.74. The van der Waals surface area contributed by atoms with Crippen molar-refractivity contribution in [2.24, 2.45) is 0 Å². The van der Waals surface area contributed by atoms with Gasteiger partial charge < -0.3 is 19.9 Å². The van der Waals surface area contributed by atoms with Crippen molar-refractivity contribution >= 4 is 34.8 Å². The summed E-state index contributed by atoms with van der Waals surface area (Å²) in [6.07, 6.45) is 1.60. The van der Waals surface area contributed by atoms with E-state index in [0.717, 1.165) is 0 Å². The molecular formula is C19H21ClN4O3. The average Bonchev–Trinajstić information content (AvgIpc) is 2.68. The number of piperazine rings is 1. The predicted octanol–water partition coefficient (Wildman–Crippen LogP) is 2.79. The minimum atomic E-state index is -0.134. The summed E-state index contributed by atoms with van der Waals surface area (Å²) in [6.45, 7) is 3.67. The van der Waals surface area contributed by atoms with Gasteiger partial charge in [0, 0.05) is 38.1 Å². The van der Waals surface area contributed by atoms with Crippen LogP contribution in [0.1, 0.15) is 17.4 Å². The maximum absolute atomic E-state index is 12.6. The van der Waals surface area contributed by atoms with Crippen LogP contribution in [0.5, 0.6) is 5.75 Å². The standard InChI is InChI=1S/C19H21ClN4O3/c1-13(25)23-7-9-24(10-8-23)19(26)16-5-4-15(12-21-16)22-17-11-14(20)3-6-18(17)27-2/h3-6,11-12,22H,7-10H2,1-2H3. The first-order chi connectivity index (χ1) is 13.0. The second kappa shape index (κ2) is 8.26. The number of methoxy groups -OCH3 is 1. The van der Waals surface area contributed by atoms with E-state index in [2.05, 4.69) is 10.3 Å². The maximum atomic E-state index is 12.6. The Bertz CT molecular complexity index is 833. The molecule has 7 nitrogen and oxygen atoms in total. The summed E-state index contributed by atoms with van der Waals surface area (Å²) in [4.78, 5) is 31.7. The second-order valence-electron chi connectivity index (χ2n) is 6.20. The molecule has 1 aliphatic rings. The van der Waals surface area contributed by atoms with Gasteiger partial charge in [0.2, 0.25) is 5.91 Å². The lowest BCUT2D eigenvalue weighted by Crippen LogP contribution is -2.50. The van der Waals surface area contributed by atoms with Crippen molar-refractivity contribution in [2.45, 2.75) is 6.92 Å². The topological polar surface area (TPSA) is 74.8 Å². The Morgan fingerprint density at radius 3 is 2.41 bits per heavy atom. The van der Waals surface area contributed by atoms with Crippen molar-refractivity contribution in [3.63, 3.8) is 0 Å². The fraction of sp³-hybridized carbons (Fsp3) is 0.316. The molecule has 142 valence electrons. The van der Waals surface area contributed by atoms with E-state index in [1.54, 1.807) is 60.4 Å². The van der Waals surface area contributed by atoms with Crippen LogP contribution in [-0.4, -0.2) is 59.9 Å². The molecule has 1 aliphatic heterocycles. The molecule has 0 atom stereocenters. The lowest BCUT2D eigenvalue weighted by Gasteiger charge is -2.34. The predicted molar refractivity (Wildman–Crippen MR) is 104 cm³/mol. The van der Waals surface area contributed by atoms with E-state index in [4.69, 9.17) is 16.3 Å². The van der Waals surface area contributed by atoms with Crippen molar-refractivity contribution < 1.29 is 14.3 Å². The summed E-state index contributed by atoms with van der Waals surface area (Å²) >= 11 is 6.04. The van der Waals surface area contributed by atoms with Gasteiger partial charge in [-0.05, 0) is 30.3 Å². The monoisotopic (exact) mass is 388 g/mol. The maximum Gasteiger partial charge on any atom is 0.272 e. The van der Waals surface area contributed by atoms with Crippen LogP contribution in [-0.2, 0) is 4.79 Å². The van der Waals surface area contributed by atoms with Crippen molar-refractivity contribution in [2.75, 3.05) is 38.6 Å². The van der Waals surface area contributed by atoms with Crippen LogP contribution < -0.4 is 10.1 Å². The van der Waals surface area contributed by atoms with Crippen molar-refractivity contribution in [1.82, 2.24) is 14.8 Å². The number of ether oxygens (including phenoxy) is 1. The third-order valence-electron chi connectivity index (χ3n) is 4.44. The number of anilines is 2. The molecule has 0 unspecified atom stereocenters. The molecule has 1 aromatic carbocycles. The van der Waals surface area contributed by atoms with E-state index in [9.17, 15) is 9.59 Å². The third kappa shape index (κ3) is 4.49. The molecule has 2 aromatic rings. The third-order valence-corrected chi connectivity index (χ3v) is 4.67. The summed E-state index contributed by atoms with van der Waals surface area (Å²) in [5, 5.41) is 3.77. The molecular weight excluding hydrogens is 368 g/mol. The minimum Gasteiger partial charge on any atom is -0.495 e. The van der Waals surface area contributed by atoms with E-state index < -0.39 is 0 Å². The van der Waals surface area contributed by atoms with Gasteiger partial charge in [0.05, 0.1) is 24.7 Å². The zero-order chi connectivity index (χ0) is 19.4. The van der Waals surface area contributed by atoms with Gasteiger partial charge in [0.15, 0.2) is 0 Å². The first-order valence-corrected chi connectivity index (χ1v) is 8.97. The van der Waals surface area contributed by atoms with E-state index >= 15 is 0 Å². The number of nitrogens with one attached hydrogen (secondary N) is 1. The Hall–Kier alpha value is -2.80. The smallest absolute Gasteiger partial charge is 0.272 e. The van der Waals surface area contributed by atoms with Crippen LogP contribution in [0.15, 0.2) is 36.5 Å². The van der Waals surface area contributed by atoms with Crippen LogP contribution >= 0.6 is 11.6 Å². The molecule has 2 amide bonds. The average molecular weight is 389 g/mol. The molecule has 0 radical (unpaired) electrons. The number of carbonyl (C=O) groups excluding carboxylic acids is 2. The number of rotatable bonds is 4. The van der Waals surface area contributed by atoms with E-state index in [-0.39, 0.29) is 11.8 Å². The highest BCUT2D eigenvalue weighted by Crippen LogP contribution is 2.30. The molecule has 0 spiro atoms. The number of benzene rings is 1. The minimum absolute atomic E-state index is 0.0343. The molecule has 1 saturated heterocycles. The Morgan fingerprint density at radius 1 is 1.11 bits per heavy atom. The van der Waals surface area contributed by atoms with Crippen LogP contribution in [0.2, 0.25) is 5.02 Å². The summed E-state index contributed by atoms with van der Waals surface area (Å²) in [7, 11) is 1.58. The molecule has 2 heterocycles. The van der Waals surface area contributed by atoms with Crippen LogP contribution in [0.3, 0.4) is 0 Å². The molecule has 3 rings (SSSR count). The van der Waals surface area contributed by atoms with Crippen LogP contribution in [0.4, 0.5) is 11.4 Å². The first-order valence-electron chi connectivity index (χ1n) is 8.59. The quantitative estimate of drug-likeness (QED) is 0.871. The number of pyridine rings is 1. The Morgan fingerprint density at radius 2 is 1.81 bits per heavy atom. The number of amides is 2. The van der Waals surface area contributed by atoms with Gasteiger partial charge in [0.25, 0.3) is 5.91 Å². The van der Waals surface area contributed by atoms with Gasteiger partial charge in [-0.25, -0.2) is 4.98 Å². The van der Waals surface area contributed by atoms with Crippen molar-refractivity contribution in [3.05, 3.63) is 47.2 Å². The number of halogens is 1. The van der Waals surface area contributed by atoms with Crippen molar-refractivity contribution in [1.29, 1.82) is 0 Å². The molecule has 0 aliphatic carbocycles. The van der Waals surface area contributed by atoms with Gasteiger partial charge in [0.1, 0.15) is 11.4 Å². The van der Waals surface area contributed by atoms with Crippen LogP contribution in [0.25, 0.3) is 0 Å². The molecule has 1 aromatic heterocycles. The number of hydrogen-bond acceptors (Lipinski definition) is 5. The Labute approximate surface area is 162 Å². The van der Waals surface area contributed by atoms with Crippen LogP contribution in [0, 0.1) is 0 Å². The highest BCUT2D eigenvalue weighted by atomic mass is 35.5. The second-order valence-corrected chi connectivity index (χ2v) is 6.64. The highest BCUT2D eigenvalue weighted by molar-refractivity contribution is 6.31. The summed E-state index contributed by atoms with van der Waals surface area (Å²) in [5.41, 5.74) is 1.80. The molecule has 8 heteroatoms. The molecule has 0 saturated carbocycles. The fourth-order valence-electron chi connectivity index (χ4n) is 2.91. The number of carbonyl (C=O) groups is 2. The number of aromatic nitrogens is 1. The summed E-state index contributed by atoms with van der Waals surface area (Å²) < 4.78 is 5.31. The molecule has 0 bridgehead atoms. The normalized spacial score (nSPS) is 14.0. The van der Waals surface area contributed by atoms with Gasteiger partial charge in [-0.3, -0.25) is 9.59 Å². The first kappa shape index (κ1) is 19.0. The fourth-order valence-corrected chi connectivity index (χ4v) is 3.09. The number of hydrogen-bond donors (Lipinski definition) is 1.